The minimum atomic E-state index is -1.15. The van der Waals surface area contributed by atoms with Gasteiger partial charge in [0.25, 0.3) is 5.91 Å². The number of carbonyl (C=O) groups excluding carboxylic acids is 4. The minimum Gasteiger partial charge on any atom is -0.351 e. The molecule has 3 N–H and O–H groups in total. The van der Waals surface area contributed by atoms with Crippen molar-refractivity contribution in [1.82, 2.24) is 9.47 Å². The summed E-state index contributed by atoms with van der Waals surface area (Å²) in [7, 11) is 0. The first-order valence-electron chi connectivity index (χ1n) is 10.4. The van der Waals surface area contributed by atoms with Gasteiger partial charge in [0.2, 0.25) is 11.8 Å². The van der Waals surface area contributed by atoms with Gasteiger partial charge < -0.3 is 11.1 Å². The maximum absolute atomic E-state index is 13.1. The molecule has 2 unspecified atom stereocenters. The number of benzene rings is 2. The van der Waals surface area contributed by atoms with Crippen molar-refractivity contribution >= 4 is 52.5 Å². The summed E-state index contributed by atoms with van der Waals surface area (Å²) < 4.78 is 14.4. The monoisotopic (exact) mass is 512 g/mol. The van der Waals surface area contributed by atoms with Gasteiger partial charge >= 0.3 is 10.9 Å². The third-order valence-corrected chi connectivity index (χ3v) is 8.46. The van der Waals surface area contributed by atoms with Crippen molar-refractivity contribution in [1.29, 1.82) is 0 Å². The van der Waals surface area contributed by atoms with Gasteiger partial charge in [-0.05, 0) is 29.8 Å². The molecule has 35 heavy (non-hydrogen) atoms. The van der Waals surface area contributed by atoms with E-state index in [1.165, 1.54) is 28.8 Å². The van der Waals surface area contributed by atoms with Gasteiger partial charge in [0.1, 0.15) is 17.6 Å². The summed E-state index contributed by atoms with van der Waals surface area (Å²) in [5, 5.41) is 2.02. The molecule has 9 nitrogen and oxygen atoms in total. The average Bonchev–Trinajstić information content (AvgIpc) is 3.27. The number of hydrogen-bond donors (Lipinski definition) is 2. The molecular formula is C23H17FN4O5S2. The van der Waals surface area contributed by atoms with Crippen molar-refractivity contribution in [3.05, 3.63) is 80.5 Å². The van der Waals surface area contributed by atoms with Gasteiger partial charge in [0.05, 0.1) is 10.9 Å². The first kappa shape index (κ1) is 23.0. The average molecular weight is 513 g/mol. The van der Waals surface area contributed by atoms with Crippen LogP contribution in [0.4, 0.5) is 14.9 Å². The zero-order valence-corrected chi connectivity index (χ0v) is 19.5. The molecule has 5 rings (SSSR count). The number of fused-ring (bicyclic) bond motifs is 2. The van der Waals surface area contributed by atoms with Crippen molar-refractivity contribution in [3.8, 4) is 0 Å². The maximum atomic E-state index is 13.1. The van der Waals surface area contributed by atoms with Gasteiger partial charge in [-0.3, -0.25) is 23.7 Å². The van der Waals surface area contributed by atoms with Gasteiger partial charge in [-0.25, -0.2) is 9.18 Å². The van der Waals surface area contributed by atoms with Crippen molar-refractivity contribution in [3.63, 3.8) is 0 Å². The smallest absolute Gasteiger partial charge is 0.328 e. The molecule has 5 amide bonds. The number of nitrogens with one attached hydrogen (secondary N) is 1. The Bertz CT molecular complexity index is 1420. The second kappa shape index (κ2) is 8.78. The van der Waals surface area contributed by atoms with E-state index in [9.17, 15) is 28.4 Å². The number of nitrogens with two attached hydrogens (primary N) is 1. The molecule has 178 valence electrons. The summed E-state index contributed by atoms with van der Waals surface area (Å²) in [6.07, 6.45) is 0. The SMILES string of the molecule is NC(=O)N1C(=O)C2Sc3c(sc(=O)n3CC(=O)Nc3ccc(F)cc3)[C@@H](c3ccccc3)C2C1=O. The van der Waals surface area contributed by atoms with Crippen molar-refractivity contribution in [2.45, 2.75) is 22.7 Å². The zero-order chi connectivity index (χ0) is 24.9. The molecule has 1 aromatic heterocycles. The Morgan fingerprint density at radius 3 is 2.34 bits per heavy atom. The molecule has 2 aliphatic rings. The number of primary amides is 1. The number of urea groups is 1. The standard InChI is InChI=1S/C23H17FN4O5S2/c24-12-6-8-13(9-7-12)26-14(29)10-27-21-18(35-23(27)33)15(11-4-2-1-3-5-11)16-17(34-21)20(31)28(19(16)30)22(25)32/h1-9,15-17H,10H2,(H2,25,32)(H,26,29)/t15-,16?,17?/m0/s1. The Balaban J connectivity index is 1.55. The van der Waals surface area contributed by atoms with E-state index in [4.69, 9.17) is 5.73 Å². The van der Waals surface area contributed by atoms with Crippen LogP contribution >= 0.6 is 23.1 Å². The topological polar surface area (TPSA) is 132 Å². The molecule has 0 bridgehead atoms. The van der Waals surface area contributed by atoms with Crippen LogP contribution in [-0.2, 0) is 20.9 Å². The van der Waals surface area contributed by atoms with E-state index in [2.05, 4.69) is 5.32 Å². The largest absolute Gasteiger partial charge is 0.351 e. The lowest BCUT2D eigenvalue weighted by Crippen LogP contribution is -2.41. The van der Waals surface area contributed by atoms with Crippen molar-refractivity contribution < 1.29 is 23.6 Å². The Labute approximate surface area is 205 Å². The fourth-order valence-corrected chi connectivity index (χ4v) is 7.14. The van der Waals surface area contributed by atoms with Crippen LogP contribution < -0.4 is 15.9 Å². The molecule has 1 saturated heterocycles. The predicted molar refractivity (Wildman–Crippen MR) is 126 cm³/mol. The molecule has 3 aromatic rings. The Morgan fingerprint density at radius 1 is 1.00 bits per heavy atom. The number of anilines is 1. The molecule has 2 aromatic carbocycles. The normalized spacial score (nSPS) is 20.9. The van der Waals surface area contributed by atoms with Crippen LogP contribution in [0.2, 0.25) is 0 Å². The number of halogens is 1. The molecular weight excluding hydrogens is 495 g/mol. The van der Waals surface area contributed by atoms with Gasteiger partial charge in [-0.15, -0.1) is 0 Å². The molecule has 3 heterocycles. The zero-order valence-electron chi connectivity index (χ0n) is 17.8. The summed E-state index contributed by atoms with van der Waals surface area (Å²) in [4.78, 5) is 64.1. The number of hydrogen-bond acceptors (Lipinski definition) is 7. The third-order valence-electron chi connectivity index (χ3n) is 5.86. The van der Waals surface area contributed by atoms with Crippen LogP contribution in [0.1, 0.15) is 16.4 Å². The number of imide groups is 3. The molecule has 0 spiro atoms. The van der Waals surface area contributed by atoms with E-state index in [0.29, 0.717) is 26.1 Å². The van der Waals surface area contributed by atoms with Crippen LogP contribution in [0.3, 0.4) is 0 Å². The number of aromatic nitrogens is 1. The number of likely N-dealkylation sites (tertiary alicyclic amines) is 1. The lowest BCUT2D eigenvalue weighted by molar-refractivity contribution is -0.135. The number of rotatable bonds is 4. The van der Waals surface area contributed by atoms with Crippen LogP contribution in [0, 0.1) is 11.7 Å². The minimum absolute atomic E-state index is 0.352. The van der Waals surface area contributed by atoms with E-state index in [1.807, 2.05) is 0 Å². The maximum Gasteiger partial charge on any atom is 0.328 e. The van der Waals surface area contributed by atoms with E-state index in [-0.39, 0.29) is 6.54 Å². The van der Waals surface area contributed by atoms with Gasteiger partial charge in [-0.1, -0.05) is 53.4 Å². The first-order valence-corrected chi connectivity index (χ1v) is 12.1. The second-order valence-electron chi connectivity index (χ2n) is 7.98. The summed E-state index contributed by atoms with van der Waals surface area (Å²) in [6, 6.07) is 12.9. The van der Waals surface area contributed by atoms with Crippen molar-refractivity contribution in [2.75, 3.05) is 5.32 Å². The second-order valence-corrected chi connectivity index (χ2v) is 10.1. The molecule has 0 saturated carbocycles. The third kappa shape index (κ3) is 3.94. The quantitative estimate of drug-likeness (QED) is 0.516. The number of thiazole rings is 1. The summed E-state index contributed by atoms with van der Waals surface area (Å²) >= 11 is 1.87. The number of thioether (sulfide) groups is 1. The fraction of sp³-hybridized carbons (Fsp3) is 0.174. The highest BCUT2D eigenvalue weighted by atomic mass is 32.2. The van der Waals surface area contributed by atoms with Crippen LogP contribution in [0.5, 0.6) is 0 Å². The first-order chi connectivity index (χ1) is 16.8. The lowest BCUT2D eigenvalue weighted by atomic mass is 9.83. The van der Waals surface area contributed by atoms with E-state index >= 15 is 0 Å². The Kier molecular flexibility index (Phi) is 5.77. The summed E-state index contributed by atoms with van der Waals surface area (Å²) in [6.45, 7) is -0.352. The highest BCUT2D eigenvalue weighted by Crippen LogP contribution is 2.53. The molecule has 1 fully saturated rings. The number of amides is 5. The highest BCUT2D eigenvalue weighted by molar-refractivity contribution is 8.00. The molecule has 0 aliphatic carbocycles. The van der Waals surface area contributed by atoms with Gasteiger partial charge in [-0.2, -0.15) is 4.90 Å². The van der Waals surface area contributed by atoms with E-state index in [0.717, 1.165) is 23.1 Å². The Hall–Kier alpha value is -3.77. The van der Waals surface area contributed by atoms with Crippen LogP contribution in [0.25, 0.3) is 0 Å². The molecule has 2 aliphatic heterocycles. The Morgan fingerprint density at radius 2 is 1.69 bits per heavy atom. The molecule has 3 atom stereocenters. The summed E-state index contributed by atoms with van der Waals surface area (Å²) in [5.41, 5.74) is 6.36. The van der Waals surface area contributed by atoms with Crippen LogP contribution in [0.15, 0.2) is 64.4 Å². The highest BCUT2D eigenvalue weighted by Gasteiger charge is 2.57. The number of carbonyl (C=O) groups is 4. The van der Waals surface area contributed by atoms with Crippen molar-refractivity contribution in [2.24, 2.45) is 11.7 Å². The van der Waals surface area contributed by atoms with Crippen LogP contribution in [-0.4, -0.2) is 38.5 Å². The van der Waals surface area contributed by atoms with E-state index in [1.54, 1.807) is 30.3 Å². The predicted octanol–water partition coefficient (Wildman–Crippen LogP) is 2.36. The lowest BCUT2D eigenvalue weighted by Gasteiger charge is -2.30. The molecule has 12 heteroatoms. The van der Waals surface area contributed by atoms with Gasteiger partial charge in [0.15, 0.2) is 0 Å². The number of nitrogens with zero attached hydrogens (tertiary/aromatic N) is 2. The van der Waals surface area contributed by atoms with Gasteiger partial charge in [0, 0.05) is 16.5 Å². The molecule has 0 radical (unpaired) electrons. The summed E-state index contributed by atoms with van der Waals surface area (Å²) in [5.74, 6) is -4.02. The van der Waals surface area contributed by atoms with E-state index < -0.39 is 51.5 Å². The fourth-order valence-electron chi connectivity index (χ4n) is 4.37.